The Morgan fingerprint density at radius 2 is 1.86 bits per heavy atom. The minimum atomic E-state index is -0.583. The summed E-state index contributed by atoms with van der Waals surface area (Å²) in [5, 5.41) is 8.10. The number of halogens is 2. The predicted octanol–water partition coefficient (Wildman–Crippen LogP) is 4.15. The summed E-state index contributed by atoms with van der Waals surface area (Å²) >= 11 is 13.5. The maximum absolute atomic E-state index is 12.1. The molecule has 1 aromatic heterocycles. The van der Waals surface area contributed by atoms with Crippen LogP contribution in [0.25, 0.3) is 5.69 Å². The first-order chi connectivity index (χ1) is 13.4. The molecule has 0 bridgehead atoms. The molecule has 0 aliphatic rings. The summed E-state index contributed by atoms with van der Waals surface area (Å²) in [6, 6.07) is 14.0. The average Bonchev–Trinajstić information content (AvgIpc) is 3.15. The number of hydrogen-bond donors (Lipinski definition) is 2. The number of benzene rings is 2. The number of anilines is 1. The molecular formula is C19H16Cl2N4O2S. The maximum Gasteiger partial charge on any atom is 0.269 e. The normalized spacial score (nSPS) is 10.6. The second-order valence-electron chi connectivity index (χ2n) is 5.83. The molecule has 144 valence electrons. The van der Waals surface area contributed by atoms with Crippen molar-refractivity contribution in [3.05, 3.63) is 76.0 Å². The summed E-state index contributed by atoms with van der Waals surface area (Å²) in [6.07, 6.45) is 1.65. The molecule has 3 aromatic rings. The Kier molecular flexibility index (Phi) is 6.61. The van der Waals surface area contributed by atoms with Gasteiger partial charge in [-0.05, 0) is 48.0 Å². The lowest BCUT2D eigenvalue weighted by atomic mass is 10.2. The topological polar surface area (TPSA) is 90.0 Å². The number of carbonyl (C=O) groups is 2. The van der Waals surface area contributed by atoms with Gasteiger partial charge in [0.15, 0.2) is 0 Å². The van der Waals surface area contributed by atoms with Gasteiger partial charge in [0, 0.05) is 27.7 Å². The van der Waals surface area contributed by atoms with Gasteiger partial charge >= 0.3 is 0 Å². The third-order valence-corrected chi connectivity index (χ3v) is 5.33. The minimum Gasteiger partial charge on any atom is -0.364 e. The van der Waals surface area contributed by atoms with Crippen LogP contribution in [0.5, 0.6) is 0 Å². The van der Waals surface area contributed by atoms with Gasteiger partial charge in [-0.25, -0.2) is 4.68 Å². The molecule has 0 spiro atoms. The van der Waals surface area contributed by atoms with Crippen molar-refractivity contribution in [1.29, 1.82) is 0 Å². The van der Waals surface area contributed by atoms with Crippen LogP contribution >= 0.6 is 35.0 Å². The third-order valence-electron chi connectivity index (χ3n) is 3.76. The Balaban J connectivity index is 1.52. The van der Waals surface area contributed by atoms with Gasteiger partial charge in [0.05, 0.1) is 11.4 Å². The van der Waals surface area contributed by atoms with E-state index in [9.17, 15) is 9.59 Å². The largest absolute Gasteiger partial charge is 0.364 e. The van der Waals surface area contributed by atoms with Crippen LogP contribution in [0.1, 0.15) is 16.1 Å². The standard InChI is InChI=1S/C19H16Cl2N4O2S/c20-13-2-1-12(16(21)9-13)10-28-11-18(26)23-14-3-5-15(6-4-14)25-8-7-17(24-25)19(22)27/h1-9H,10-11H2,(H2,22,27)(H,23,26). The van der Waals surface area contributed by atoms with E-state index in [0.29, 0.717) is 27.2 Å². The molecule has 0 fully saturated rings. The Hall–Kier alpha value is -2.48. The molecule has 6 nitrogen and oxygen atoms in total. The number of hydrogen-bond acceptors (Lipinski definition) is 4. The SMILES string of the molecule is NC(=O)c1ccn(-c2ccc(NC(=O)CSCc3ccc(Cl)cc3Cl)cc2)n1. The van der Waals surface area contributed by atoms with Crippen LogP contribution in [0.15, 0.2) is 54.7 Å². The number of amides is 2. The van der Waals surface area contributed by atoms with Gasteiger partial charge < -0.3 is 11.1 Å². The van der Waals surface area contributed by atoms with Crippen molar-refractivity contribution in [2.75, 3.05) is 11.1 Å². The molecule has 3 rings (SSSR count). The number of nitrogens with two attached hydrogens (primary N) is 1. The molecule has 3 N–H and O–H groups in total. The molecule has 0 saturated heterocycles. The lowest BCUT2D eigenvalue weighted by molar-refractivity contribution is -0.113. The van der Waals surface area contributed by atoms with Crippen molar-refractivity contribution in [3.8, 4) is 5.69 Å². The van der Waals surface area contributed by atoms with Crippen LogP contribution in [-0.4, -0.2) is 27.3 Å². The van der Waals surface area contributed by atoms with Crippen molar-refractivity contribution in [3.63, 3.8) is 0 Å². The lowest BCUT2D eigenvalue weighted by Gasteiger charge is -2.08. The first-order valence-corrected chi connectivity index (χ1v) is 10.1. The van der Waals surface area contributed by atoms with Gasteiger partial charge in [-0.15, -0.1) is 11.8 Å². The fraction of sp³-hybridized carbons (Fsp3) is 0.105. The second kappa shape index (κ2) is 9.14. The summed E-state index contributed by atoms with van der Waals surface area (Å²) in [5.41, 5.74) is 7.74. The maximum atomic E-state index is 12.1. The van der Waals surface area contributed by atoms with Crippen LogP contribution in [-0.2, 0) is 10.5 Å². The summed E-state index contributed by atoms with van der Waals surface area (Å²) in [7, 11) is 0. The molecular weight excluding hydrogens is 419 g/mol. The number of thioether (sulfide) groups is 1. The first-order valence-electron chi connectivity index (χ1n) is 8.20. The van der Waals surface area contributed by atoms with Gasteiger partial charge in [0.1, 0.15) is 5.69 Å². The highest BCUT2D eigenvalue weighted by Gasteiger charge is 2.08. The zero-order valence-electron chi connectivity index (χ0n) is 14.6. The van der Waals surface area contributed by atoms with Crippen LogP contribution in [0.4, 0.5) is 5.69 Å². The minimum absolute atomic E-state index is 0.113. The van der Waals surface area contributed by atoms with E-state index < -0.39 is 5.91 Å². The van der Waals surface area contributed by atoms with Gasteiger partial charge in [-0.1, -0.05) is 29.3 Å². The highest BCUT2D eigenvalue weighted by Crippen LogP contribution is 2.24. The van der Waals surface area contributed by atoms with E-state index in [-0.39, 0.29) is 11.6 Å². The number of nitrogens with one attached hydrogen (secondary N) is 1. The highest BCUT2D eigenvalue weighted by molar-refractivity contribution is 7.99. The number of rotatable bonds is 7. The van der Waals surface area contributed by atoms with E-state index in [4.69, 9.17) is 28.9 Å². The van der Waals surface area contributed by atoms with Crippen LogP contribution in [0.3, 0.4) is 0 Å². The quantitative estimate of drug-likeness (QED) is 0.584. The van der Waals surface area contributed by atoms with Gasteiger partial charge in [-0.2, -0.15) is 5.10 Å². The van der Waals surface area contributed by atoms with Crippen molar-refractivity contribution in [1.82, 2.24) is 9.78 Å². The Labute approximate surface area is 176 Å². The van der Waals surface area contributed by atoms with Crippen LogP contribution in [0, 0.1) is 0 Å². The molecule has 0 aliphatic carbocycles. The molecule has 0 atom stereocenters. The van der Waals surface area contributed by atoms with Gasteiger partial charge in [-0.3, -0.25) is 9.59 Å². The number of nitrogens with zero attached hydrogens (tertiary/aromatic N) is 2. The third kappa shape index (κ3) is 5.28. The van der Waals surface area contributed by atoms with E-state index in [0.717, 1.165) is 11.3 Å². The van der Waals surface area contributed by atoms with Crippen molar-refractivity contribution >= 4 is 52.5 Å². The van der Waals surface area contributed by atoms with Crippen molar-refractivity contribution in [2.45, 2.75) is 5.75 Å². The van der Waals surface area contributed by atoms with E-state index in [1.54, 1.807) is 48.7 Å². The molecule has 0 unspecified atom stereocenters. The highest BCUT2D eigenvalue weighted by atomic mass is 35.5. The van der Waals surface area contributed by atoms with Crippen LogP contribution < -0.4 is 11.1 Å². The van der Waals surface area contributed by atoms with Crippen molar-refractivity contribution < 1.29 is 9.59 Å². The predicted molar refractivity (Wildman–Crippen MR) is 113 cm³/mol. The molecule has 9 heteroatoms. The summed E-state index contributed by atoms with van der Waals surface area (Å²) in [6.45, 7) is 0. The smallest absolute Gasteiger partial charge is 0.269 e. The fourth-order valence-corrected chi connectivity index (χ4v) is 3.77. The van der Waals surface area contributed by atoms with E-state index in [1.165, 1.54) is 16.4 Å². The van der Waals surface area contributed by atoms with Gasteiger partial charge in [0.2, 0.25) is 5.91 Å². The number of aromatic nitrogens is 2. The first kappa shape index (κ1) is 20.3. The van der Waals surface area contributed by atoms with E-state index in [2.05, 4.69) is 10.4 Å². The number of primary amides is 1. The Bertz CT molecular complexity index is 1010. The Morgan fingerprint density at radius 3 is 2.50 bits per heavy atom. The average molecular weight is 435 g/mol. The molecule has 0 radical (unpaired) electrons. The summed E-state index contributed by atoms with van der Waals surface area (Å²) in [4.78, 5) is 23.2. The molecule has 28 heavy (non-hydrogen) atoms. The molecule has 1 heterocycles. The monoisotopic (exact) mass is 434 g/mol. The molecule has 2 amide bonds. The lowest BCUT2D eigenvalue weighted by Crippen LogP contribution is -2.14. The zero-order valence-corrected chi connectivity index (χ0v) is 16.9. The van der Waals surface area contributed by atoms with E-state index >= 15 is 0 Å². The summed E-state index contributed by atoms with van der Waals surface area (Å²) in [5.74, 6) is 0.212. The molecule has 2 aromatic carbocycles. The molecule has 0 aliphatic heterocycles. The van der Waals surface area contributed by atoms with E-state index in [1.807, 2.05) is 6.07 Å². The fourth-order valence-electron chi connectivity index (χ4n) is 2.39. The zero-order chi connectivity index (χ0) is 20.1. The van der Waals surface area contributed by atoms with Crippen LogP contribution in [0.2, 0.25) is 10.0 Å². The van der Waals surface area contributed by atoms with Gasteiger partial charge in [0.25, 0.3) is 5.91 Å². The van der Waals surface area contributed by atoms with Crippen molar-refractivity contribution in [2.24, 2.45) is 5.73 Å². The molecule has 0 saturated carbocycles. The number of carbonyl (C=O) groups excluding carboxylic acids is 2. The second-order valence-corrected chi connectivity index (χ2v) is 7.66. The summed E-state index contributed by atoms with van der Waals surface area (Å²) < 4.78 is 1.54. The Morgan fingerprint density at radius 1 is 1.11 bits per heavy atom.